The fraction of sp³-hybridized carbons (Fsp3) is 0.333. The van der Waals surface area contributed by atoms with Crippen molar-refractivity contribution in [3.05, 3.63) is 31.1 Å². The van der Waals surface area contributed by atoms with Crippen LogP contribution in [-0.2, 0) is 0 Å². The van der Waals surface area contributed by atoms with E-state index in [1.165, 1.54) is 0 Å². The quantitative estimate of drug-likeness (QED) is 0.767. The van der Waals surface area contributed by atoms with Gasteiger partial charge in [0, 0.05) is 19.5 Å². The first-order valence-electron chi connectivity index (χ1n) is 3.96. The van der Waals surface area contributed by atoms with E-state index < -0.39 is 0 Å². The Morgan fingerprint density at radius 1 is 1.23 bits per heavy atom. The molecule has 0 bridgehead atoms. The van der Waals surface area contributed by atoms with E-state index in [0.29, 0.717) is 0 Å². The van der Waals surface area contributed by atoms with Crippen LogP contribution in [0.3, 0.4) is 0 Å². The van der Waals surface area contributed by atoms with Crippen molar-refractivity contribution in [3.8, 4) is 0 Å². The van der Waals surface area contributed by atoms with E-state index in [-0.39, 0.29) is 6.04 Å². The van der Waals surface area contributed by atoms with E-state index in [1.807, 2.05) is 12.1 Å². The van der Waals surface area contributed by atoms with Crippen LogP contribution >= 0.6 is 47.8 Å². The Balaban J connectivity index is 3.13. The minimum Gasteiger partial charge on any atom is -0.324 e. The molecule has 0 aliphatic rings. The van der Waals surface area contributed by atoms with E-state index in [2.05, 4.69) is 54.7 Å². The lowest BCUT2D eigenvalue weighted by atomic mass is 10.1. The molecule has 2 N–H and O–H groups in total. The Kier molecular flexibility index (Phi) is 4.42. The molecule has 1 rings (SSSR count). The maximum Gasteiger partial charge on any atom is 0.0459 e. The Morgan fingerprint density at radius 3 is 2.08 bits per heavy atom. The monoisotopic (exact) mass is 369 g/mol. The van der Waals surface area contributed by atoms with Gasteiger partial charge in [-0.1, -0.05) is 6.92 Å². The number of hydrogen-bond acceptors (Lipinski definition) is 1. The van der Waals surface area contributed by atoms with Crippen LogP contribution < -0.4 is 5.73 Å². The molecule has 72 valence electrons. The van der Waals surface area contributed by atoms with Crippen molar-refractivity contribution in [2.75, 3.05) is 0 Å². The molecule has 13 heavy (non-hydrogen) atoms. The molecule has 1 aromatic rings. The van der Waals surface area contributed by atoms with Crippen LogP contribution in [-0.4, -0.2) is 0 Å². The second kappa shape index (κ2) is 4.91. The van der Waals surface area contributed by atoms with Gasteiger partial charge in [0.2, 0.25) is 0 Å². The van der Waals surface area contributed by atoms with Gasteiger partial charge in [0.05, 0.1) is 0 Å². The average Bonchev–Trinajstić information content (AvgIpc) is 2.12. The third-order valence-corrected chi connectivity index (χ3v) is 5.04. The summed E-state index contributed by atoms with van der Waals surface area (Å²) >= 11 is 10.4. The van der Waals surface area contributed by atoms with Gasteiger partial charge in [-0.15, -0.1) is 0 Å². The van der Waals surface area contributed by atoms with Crippen LogP contribution in [0.2, 0.25) is 0 Å². The lowest BCUT2D eigenvalue weighted by Gasteiger charge is -2.11. The average molecular weight is 372 g/mol. The fourth-order valence-electron chi connectivity index (χ4n) is 1.02. The molecule has 1 atom stereocenters. The van der Waals surface area contributed by atoms with Crippen molar-refractivity contribution in [3.63, 3.8) is 0 Å². The molecule has 0 aliphatic heterocycles. The predicted octanol–water partition coefficient (Wildman–Crippen LogP) is 4.38. The first-order valence-corrected chi connectivity index (χ1v) is 6.34. The van der Waals surface area contributed by atoms with Crippen molar-refractivity contribution in [1.82, 2.24) is 0 Å². The highest BCUT2D eigenvalue weighted by Crippen LogP contribution is 2.33. The Bertz CT molecular complexity index is 289. The number of hydrogen-bond donors (Lipinski definition) is 1. The van der Waals surface area contributed by atoms with E-state index in [0.717, 1.165) is 25.4 Å². The third-order valence-electron chi connectivity index (χ3n) is 1.87. The molecular formula is C9H10Br3N. The van der Waals surface area contributed by atoms with Crippen LogP contribution in [0.25, 0.3) is 0 Å². The summed E-state index contributed by atoms with van der Waals surface area (Å²) in [6.45, 7) is 2.08. The molecule has 0 saturated heterocycles. The highest BCUT2D eigenvalue weighted by atomic mass is 79.9. The summed E-state index contributed by atoms with van der Waals surface area (Å²) in [4.78, 5) is 0. The normalized spacial score (nSPS) is 13.0. The predicted molar refractivity (Wildman–Crippen MR) is 66.8 cm³/mol. The van der Waals surface area contributed by atoms with Crippen LogP contribution in [0.4, 0.5) is 0 Å². The number of nitrogens with two attached hydrogens (primary N) is 1. The standard InChI is InChI=1S/C9H10Br3N/c1-2-8(13)5-3-6(10)9(12)7(11)4-5/h3-4,8H,2,13H2,1H3. The van der Waals surface area contributed by atoms with E-state index >= 15 is 0 Å². The second-order valence-corrected chi connectivity index (χ2v) is 5.31. The SMILES string of the molecule is CCC(N)c1cc(Br)c(Br)c(Br)c1. The third kappa shape index (κ3) is 2.78. The molecule has 1 unspecified atom stereocenters. The molecule has 0 aromatic heterocycles. The van der Waals surface area contributed by atoms with Crippen LogP contribution in [0.5, 0.6) is 0 Å². The molecule has 0 radical (unpaired) electrons. The topological polar surface area (TPSA) is 26.0 Å². The molecule has 0 amide bonds. The number of benzene rings is 1. The van der Waals surface area contributed by atoms with Crippen LogP contribution in [0.1, 0.15) is 24.9 Å². The summed E-state index contributed by atoms with van der Waals surface area (Å²) in [5, 5.41) is 0. The molecule has 0 aliphatic carbocycles. The summed E-state index contributed by atoms with van der Waals surface area (Å²) in [7, 11) is 0. The number of halogens is 3. The van der Waals surface area contributed by atoms with Gasteiger partial charge in [0.15, 0.2) is 0 Å². The van der Waals surface area contributed by atoms with Gasteiger partial charge >= 0.3 is 0 Å². The minimum absolute atomic E-state index is 0.112. The highest BCUT2D eigenvalue weighted by molar-refractivity contribution is 9.14. The first kappa shape index (κ1) is 11.7. The molecule has 1 nitrogen and oxygen atoms in total. The summed E-state index contributed by atoms with van der Waals surface area (Å²) in [6.07, 6.45) is 0.945. The molecule has 1 aromatic carbocycles. The maximum absolute atomic E-state index is 5.93. The fourth-order valence-corrected chi connectivity index (χ4v) is 2.48. The van der Waals surface area contributed by atoms with Crippen molar-refractivity contribution >= 4 is 47.8 Å². The lowest BCUT2D eigenvalue weighted by molar-refractivity contribution is 0.697. The van der Waals surface area contributed by atoms with Crippen LogP contribution in [0, 0.1) is 0 Å². The smallest absolute Gasteiger partial charge is 0.0459 e. The Labute approximate surface area is 103 Å². The summed E-state index contributed by atoms with van der Waals surface area (Å²) < 4.78 is 3.08. The van der Waals surface area contributed by atoms with E-state index in [1.54, 1.807) is 0 Å². The minimum atomic E-state index is 0.112. The van der Waals surface area contributed by atoms with E-state index in [9.17, 15) is 0 Å². The van der Waals surface area contributed by atoms with Gasteiger partial charge < -0.3 is 5.73 Å². The zero-order chi connectivity index (χ0) is 10.0. The second-order valence-electron chi connectivity index (χ2n) is 2.81. The largest absolute Gasteiger partial charge is 0.324 e. The molecule has 0 heterocycles. The van der Waals surface area contributed by atoms with Crippen molar-refractivity contribution in [2.24, 2.45) is 5.73 Å². The molecule has 0 fully saturated rings. The van der Waals surface area contributed by atoms with Gasteiger partial charge in [-0.25, -0.2) is 0 Å². The van der Waals surface area contributed by atoms with Gasteiger partial charge in [-0.2, -0.15) is 0 Å². The van der Waals surface area contributed by atoms with Gasteiger partial charge in [-0.3, -0.25) is 0 Å². The summed E-state index contributed by atoms with van der Waals surface area (Å²) in [5.41, 5.74) is 7.07. The molecular weight excluding hydrogens is 362 g/mol. The Morgan fingerprint density at radius 2 is 1.69 bits per heavy atom. The Hall–Kier alpha value is 0.620. The maximum atomic E-state index is 5.93. The summed E-state index contributed by atoms with van der Waals surface area (Å²) in [6, 6.07) is 4.20. The molecule has 0 spiro atoms. The zero-order valence-electron chi connectivity index (χ0n) is 7.15. The van der Waals surface area contributed by atoms with E-state index in [4.69, 9.17) is 5.73 Å². The summed E-state index contributed by atoms with van der Waals surface area (Å²) in [5.74, 6) is 0. The zero-order valence-corrected chi connectivity index (χ0v) is 11.9. The molecule has 4 heteroatoms. The first-order chi connectivity index (χ1) is 6.06. The van der Waals surface area contributed by atoms with Crippen molar-refractivity contribution < 1.29 is 0 Å². The van der Waals surface area contributed by atoms with Crippen molar-refractivity contribution in [2.45, 2.75) is 19.4 Å². The van der Waals surface area contributed by atoms with Gasteiger partial charge in [-0.05, 0) is 71.9 Å². The van der Waals surface area contributed by atoms with Gasteiger partial charge in [0.25, 0.3) is 0 Å². The van der Waals surface area contributed by atoms with Gasteiger partial charge in [0.1, 0.15) is 0 Å². The lowest BCUT2D eigenvalue weighted by Crippen LogP contribution is -2.08. The highest BCUT2D eigenvalue weighted by Gasteiger charge is 2.08. The number of rotatable bonds is 2. The van der Waals surface area contributed by atoms with Crippen LogP contribution in [0.15, 0.2) is 25.6 Å². The molecule has 0 saturated carbocycles. The van der Waals surface area contributed by atoms with Crippen molar-refractivity contribution in [1.29, 1.82) is 0 Å².